The number of benzene rings is 2. The van der Waals surface area contributed by atoms with E-state index in [0.29, 0.717) is 5.92 Å². The lowest BCUT2D eigenvalue weighted by Crippen LogP contribution is -2.01. The van der Waals surface area contributed by atoms with Crippen LogP contribution in [0.4, 0.5) is 0 Å². The second-order valence-electron chi connectivity index (χ2n) is 5.91. The highest BCUT2D eigenvalue weighted by Crippen LogP contribution is 2.41. The Labute approximate surface area is 146 Å². The number of thioether (sulfide) groups is 1. The highest BCUT2D eigenvalue weighted by atomic mass is 32.2. The van der Waals surface area contributed by atoms with Crippen molar-refractivity contribution >= 4 is 17.8 Å². The summed E-state index contributed by atoms with van der Waals surface area (Å²) in [4.78, 5) is 0. The quantitative estimate of drug-likeness (QED) is 0.598. The molecule has 120 valence electrons. The van der Waals surface area contributed by atoms with Crippen molar-refractivity contribution < 1.29 is 0 Å². The standard InChI is InChI=1S/C20H19N3S/c1-3-8-16(9-4-1)10-7-15-24-20-22-21-19(17-13-14-17)23(20)18-11-5-2-6-12-18/h1-12,17H,13-15H2/b10-7+. The monoisotopic (exact) mass is 333 g/mol. The Balaban J connectivity index is 1.52. The number of aromatic nitrogens is 3. The molecule has 4 heteroatoms. The minimum atomic E-state index is 0.576. The fourth-order valence-electron chi connectivity index (χ4n) is 2.67. The summed E-state index contributed by atoms with van der Waals surface area (Å²) in [6.45, 7) is 0. The summed E-state index contributed by atoms with van der Waals surface area (Å²) >= 11 is 1.73. The molecule has 0 atom stereocenters. The van der Waals surface area contributed by atoms with Gasteiger partial charge in [-0.2, -0.15) is 0 Å². The van der Waals surface area contributed by atoms with Crippen LogP contribution < -0.4 is 0 Å². The van der Waals surface area contributed by atoms with Crippen LogP contribution >= 0.6 is 11.8 Å². The number of rotatable bonds is 6. The largest absolute Gasteiger partial charge is 0.274 e. The maximum Gasteiger partial charge on any atom is 0.196 e. The van der Waals surface area contributed by atoms with Crippen LogP contribution in [0.5, 0.6) is 0 Å². The molecule has 24 heavy (non-hydrogen) atoms. The van der Waals surface area contributed by atoms with Crippen LogP contribution in [0.25, 0.3) is 11.8 Å². The molecule has 3 nitrogen and oxygen atoms in total. The lowest BCUT2D eigenvalue weighted by atomic mass is 10.2. The zero-order valence-electron chi connectivity index (χ0n) is 13.4. The summed E-state index contributed by atoms with van der Waals surface area (Å²) in [5.41, 5.74) is 2.38. The normalized spacial score (nSPS) is 14.3. The van der Waals surface area contributed by atoms with E-state index in [4.69, 9.17) is 0 Å². The molecular formula is C20H19N3S. The van der Waals surface area contributed by atoms with Gasteiger partial charge in [-0.15, -0.1) is 10.2 Å². The lowest BCUT2D eigenvalue weighted by Gasteiger charge is -2.08. The molecule has 0 radical (unpaired) electrons. The van der Waals surface area contributed by atoms with Crippen molar-refractivity contribution in [2.75, 3.05) is 5.75 Å². The van der Waals surface area contributed by atoms with Crippen molar-refractivity contribution in [1.82, 2.24) is 14.8 Å². The first-order valence-electron chi connectivity index (χ1n) is 8.27. The second kappa shape index (κ2) is 7.05. The van der Waals surface area contributed by atoms with E-state index in [1.807, 2.05) is 12.1 Å². The van der Waals surface area contributed by atoms with Gasteiger partial charge < -0.3 is 0 Å². The van der Waals surface area contributed by atoms with Gasteiger partial charge in [0.05, 0.1) is 0 Å². The van der Waals surface area contributed by atoms with Crippen molar-refractivity contribution in [2.45, 2.75) is 23.9 Å². The minimum absolute atomic E-state index is 0.576. The molecule has 1 saturated carbocycles. The molecule has 0 saturated heterocycles. The van der Waals surface area contributed by atoms with E-state index in [-0.39, 0.29) is 0 Å². The number of hydrogen-bond acceptors (Lipinski definition) is 3. The zero-order valence-corrected chi connectivity index (χ0v) is 14.2. The third-order valence-electron chi connectivity index (χ3n) is 4.03. The first-order valence-corrected chi connectivity index (χ1v) is 9.25. The van der Waals surface area contributed by atoms with Gasteiger partial charge in [0.25, 0.3) is 0 Å². The molecular weight excluding hydrogens is 314 g/mol. The summed E-state index contributed by atoms with van der Waals surface area (Å²) < 4.78 is 2.22. The third-order valence-corrected chi connectivity index (χ3v) is 4.92. The first kappa shape index (κ1) is 15.2. The van der Waals surface area contributed by atoms with Crippen molar-refractivity contribution in [3.05, 3.63) is 78.1 Å². The summed E-state index contributed by atoms with van der Waals surface area (Å²) in [5, 5.41) is 9.87. The van der Waals surface area contributed by atoms with E-state index in [1.54, 1.807) is 11.8 Å². The van der Waals surface area contributed by atoms with Gasteiger partial charge in [-0.3, -0.25) is 4.57 Å². The van der Waals surface area contributed by atoms with Gasteiger partial charge in [0.2, 0.25) is 0 Å². The average Bonchev–Trinajstić information content (AvgIpc) is 3.40. The van der Waals surface area contributed by atoms with Crippen LogP contribution in [0.15, 0.2) is 71.9 Å². The van der Waals surface area contributed by atoms with E-state index < -0.39 is 0 Å². The Kier molecular flexibility index (Phi) is 4.47. The summed E-state index contributed by atoms with van der Waals surface area (Å²) in [6, 6.07) is 20.8. The Morgan fingerprint density at radius 2 is 1.67 bits per heavy atom. The molecule has 0 unspecified atom stereocenters. The molecule has 0 aliphatic heterocycles. The summed E-state index contributed by atoms with van der Waals surface area (Å²) in [7, 11) is 0. The highest BCUT2D eigenvalue weighted by Gasteiger charge is 2.30. The molecule has 1 fully saturated rings. The molecule has 1 aromatic heterocycles. The molecule has 0 amide bonds. The molecule has 1 heterocycles. The Hall–Kier alpha value is -2.33. The van der Waals surface area contributed by atoms with Crippen molar-refractivity contribution in [1.29, 1.82) is 0 Å². The van der Waals surface area contributed by atoms with Crippen molar-refractivity contribution in [3.8, 4) is 5.69 Å². The molecule has 2 aromatic carbocycles. The zero-order chi connectivity index (χ0) is 16.2. The molecule has 0 spiro atoms. The SMILES string of the molecule is C(=C\c1ccccc1)/CSc1nnc(C2CC2)n1-c1ccccc1. The minimum Gasteiger partial charge on any atom is -0.274 e. The van der Waals surface area contributed by atoms with E-state index in [0.717, 1.165) is 22.4 Å². The topological polar surface area (TPSA) is 30.7 Å². The van der Waals surface area contributed by atoms with Crippen molar-refractivity contribution in [2.24, 2.45) is 0 Å². The third kappa shape index (κ3) is 3.44. The predicted octanol–water partition coefficient (Wildman–Crippen LogP) is 4.95. The summed E-state index contributed by atoms with van der Waals surface area (Å²) in [6.07, 6.45) is 6.78. The molecule has 4 rings (SSSR count). The van der Waals surface area contributed by atoms with Crippen LogP contribution in [-0.4, -0.2) is 20.5 Å². The summed E-state index contributed by atoms with van der Waals surface area (Å²) in [5.74, 6) is 2.56. The molecule has 0 N–H and O–H groups in total. The van der Waals surface area contributed by atoms with E-state index in [9.17, 15) is 0 Å². The van der Waals surface area contributed by atoms with Gasteiger partial charge in [0.1, 0.15) is 5.82 Å². The van der Waals surface area contributed by atoms with Crippen LogP contribution in [0, 0.1) is 0 Å². The first-order chi connectivity index (χ1) is 11.9. The average molecular weight is 333 g/mol. The number of nitrogens with zero attached hydrogens (tertiary/aromatic N) is 3. The van der Waals surface area contributed by atoms with Gasteiger partial charge in [-0.05, 0) is 30.5 Å². The fourth-order valence-corrected chi connectivity index (χ4v) is 3.44. The smallest absolute Gasteiger partial charge is 0.196 e. The molecule has 1 aliphatic rings. The highest BCUT2D eigenvalue weighted by molar-refractivity contribution is 7.99. The maximum absolute atomic E-state index is 4.46. The van der Waals surface area contributed by atoms with Crippen LogP contribution in [0.2, 0.25) is 0 Å². The number of hydrogen-bond donors (Lipinski definition) is 0. The Bertz CT molecular complexity index is 821. The molecule has 3 aromatic rings. The van der Waals surface area contributed by atoms with Crippen molar-refractivity contribution in [3.63, 3.8) is 0 Å². The van der Waals surface area contributed by atoms with Crippen LogP contribution in [0.3, 0.4) is 0 Å². The maximum atomic E-state index is 4.46. The number of para-hydroxylation sites is 1. The van der Waals surface area contributed by atoms with Gasteiger partial charge in [-0.1, -0.05) is 72.4 Å². The van der Waals surface area contributed by atoms with Gasteiger partial charge in [-0.25, -0.2) is 0 Å². The molecule has 0 bridgehead atoms. The Morgan fingerprint density at radius 1 is 0.958 bits per heavy atom. The van der Waals surface area contributed by atoms with E-state index >= 15 is 0 Å². The van der Waals surface area contributed by atoms with Gasteiger partial charge >= 0.3 is 0 Å². The van der Waals surface area contributed by atoms with Crippen LogP contribution in [-0.2, 0) is 0 Å². The molecule has 1 aliphatic carbocycles. The second-order valence-corrected chi connectivity index (χ2v) is 6.90. The van der Waals surface area contributed by atoms with E-state index in [1.165, 1.54) is 18.4 Å². The Morgan fingerprint density at radius 3 is 2.38 bits per heavy atom. The van der Waals surface area contributed by atoms with Gasteiger partial charge in [0.15, 0.2) is 5.16 Å². The van der Waals surface area contributed by atoms with E-state index in [2.05, 4.69) is 75.4 Å². The fraction of sp³-hybridized carbons (Fsp3) is 0.200. The lowest BCUT2D eigenvalue weighted by molar-refractivity contribution is 0.830. The van der Waals surface area contributed by atoms with Crippen LogP contribution in [0.1, 0.15) is 30.1 Å². The predicted molar refractivity (Wildman–Crippen MR) is 99.5 cm³/mol. The van der Waals surface area contributed by atoms with Gasteiger partial charge in [0, 0.05) is 17.4 Å².